The summed E-state index contributed by atoms with van der Waals surface area (Å²) in [6.45, 7) is 17.0. The minimum atomic E-state index is 0.863. The maximum Gasteiger partial charge on any atom is 0.0494 e. The number of hydrogen-bond donors (Lipinski definition) is 0. The molecule has 0 N–H and O–H groups in total. The zero-order chi connectivity index (χ0) is 61.0. The highest BCUT2D eigenvalue weighted by molar-refractivity contribution is 6.12. The van der Waals surface area contributed by atoms with Gasteiger partial charge >= 0.3 is 0 Å². The van der Waals surface area contributed by atoms with Gasteiger partial charge in [0, 0.05) is 113 Å². The molecule has 18 aromatic rings. The molecule has 0 bridgehead atoms. The SMILES string of the molecule is CCn1c2ccccc2c2ccccc21.CCn1c2ccccc2c2ccccc21.Cc1ccc(C)c2cc3c(Cn4c5ccccc5c5ccccc54)cccc3cc12.Cc1ccc(C)c2cc3c(Cn4c5ccccc5c5ccccc54)cccc3cc12. The Morgan fingerprint density at radius 3 is 0.667 bits per heavy atom. The zero-order valence-electron chi connectivity index (χ0n) is 52.2. The smallest absolute Gasteiger partial charge is 0.0494 e. The second-order valence-corrected chi connectivity index (χ2v) is 24.3. The fraction of sp³-hybridized carbons (Fsp3) is 0.116. The van der Waals surface area contributed by atoms with E-state index in [2.05, 4.69) is 339 Å². The van der Waals surface area contributed by atoms with Crippen molar-refractivity contribution in [3.63, 3.8) is 0 Å². The van der Waals surface area contributed by atoms with Crippen LogP contribution in [-0.4, -0.2) is 18.3 Å². The Balaban J connectivity index is 0.000000105. The van der Waals surface area contributed by atoms with Gasteiger partial charge in [-0.25, -0.2) is 0 Å². The number of nitrogens with zero attached hydrogens (tertiary/aromatic N) is 4. The largest absolute Gasteiger partial charge is 0.341 e. The first kappa shape index (κ1) is 55.9. The van der Waals surface area contributed by atoms with Gasteiger partial charge in [0.1, 0.15) is 0 Å². The first-order chi connectivity index (χ1) is 44.2. The van der Waals surface area contributed by atoms with Crippen molar-refractivity contribution >= 4 is 130 Å². The predicted octanol–water partition coefficient (Wildman–Crippen LogP) is 23.2. The topological polar surface area (TPSA) is 19.7 Å². The highest BCUT2D eigenvalue weighted by Crippen LogP contribution is 2.37. The van der Waals surface area contributed by atoms with Crippen molar-refractivity contribution in [1.82, 2.24) is 18.3 Å². The van der Waals surface area contributed by atoms with E-state index in [1.165, 1.54) is 164 Å². The van der Waals surface area contributed by atoms with Crippen LogP contribution in [0.15, 0.2) is 279 Å². The lowest BCUT2D eigenvalue weighted by Gasteiger charge is -2.13. The van der Waals surface area contributed by atoms with E-state index in [1.807, 2.05) is 0 Å². The van der Waals surface area contributed by atoms with Crippen LogP contribution in [0.25, 0.3) is 130 Å². The van der Waals surface area contributed by atoms with E-state index >= 15 is 0 Å². The fourth-order valence-corrected chi connectivity index (χ4v) is 14.6. The summed E-state index contributed by atoms with van der Waals surface area (Å²) in [5.41, 5.74) is 18.6. The maximum absolute atomic E-state index is 2.47. The number of aryl methyl sites for hydroxylation is 6. The van der Waals surface area contributed by atoms with Gasteiger partial charge in [-0.1, -0.05) is 206 Å². The number of aromatic nitrogens is 4. The standard InChI is InChI=1S/2C29H23N.2C14H13N/c2*1-19-14-15-20(2)26-17-27-21(16-25(19)26)8-7-9-22(27)18-30-28-12-5-3-10-23(28)24-11-4-6-13-29(24)30;2*1-2-15-13-9-5-3-7-11(13)12-8-4-6-10-14(12)15/h2*3-17H,18H2,1-2H3;2*3-10H,2H2,1H3. The van der Waals surface area contributed by atoms with E-state index in [1.54, 1.807) is 0 Å². The predicted molar refractivity (Wildman–Crippen MR) is 389 cm³/mol. The molecule has 4 heterocycles. The van der Waals surface area contributed by atoms with E-state index in [4.69, 9.17) is 0 Å². The molecule has 18 rings (SSSR count). The van der Waals surface area contributed by atoms with Crippen molar-refractivity contribution in [1.29, 1.82) is 0 Å². The molecule has 0 aliphatic heterocycles. The number of rotatable bonds is 6. The third-order valence-corrected chi connectivity index (χ3v) is 19.1. The first-order valence-corrected chi connectivity index (χ1v) is 31.9. The Morgan fingerprint density at radius 2 is 0.422 bits per heavy atom. The van der Waals surface area contributed by atoms with E-state index in [0.717, 1.165) is 26.2 Å². The van der Waals surface area contributed by atoms with Gasteiger partial charge in [-0.15, -0.1) is 0 Å². The summed E-state index contributed by atoms with van der Waals surface area (Å²) in [5, 5.41) is 21.5. The van der Waals surface area contributed by atoms with E-state index in [0.29, 0.717) is 0 Å². The molecule has 0 unspecified atom stereocenters. The van der Waals surface area contributed by atoms with Crippen molar-refractivity contribution in [2.24, 2.45) is 0 Å². The number of benzene rings is 14. The van der Waals surface area contributed by atoms with Crippen molar-refractivity contribution < 1.29 is 0 Å². The molecule has 90 heavy (non-hydrogen) atoms. The Bertz CT molecular complexity index is 5190. The molecule has 0 fully saturated rings. The molecule has 0 aliphatic carbocycles. The molecule has 0 spiro atoms. The van der Waals surface area contributed by atoms with E-state index in [9.17, 15) is 0 Å². The average molecular weight is 1160 g/mol. The molecule has 0 atom stereocenters. The molecular formula is C86H72N4. The maximum atomic E-state index is 2.47. The lowest BCUT2D eigenvalue weighted by Crippen LogP contribution is -2.00. The molecule has 0 amide bonds. The monoisotopic (exact) mass is 1160 g/mol. The van der Waals surface area contributed by atoms with Gasteiger partial charge in [-0.05, 0) is 191 Å². The van der Waals surface area contributed by atoms with E-state index in [-0.39, 0.29) is 0 Å². The van der Waals surface area contributed by atoms with Gasteiger partial charge < -0.3 is 18.3 Å². The van der Waals surface area contributed by atoms with Crippen LogP contribution in [0.5, 0.6) is 0 Å². The first-order valence-electron chi connectivity index (χ1n) is 31.9. The number of hydrogen-bond acceptors (Lipinski definition) is 0. The lowest BCUT2D eigenvalue weighted by molar-refractivity contribution is 0.827. The molecule has 4 nitrogen and oxygen atoms in total. The highest BCUT2D eigenvalue weighted by atomic mass is 15.0. The molecule has 4 aromatic heterocycles. The minimum absolute atomic E-state index is 0.863. The van der Waals surface area contributed by atoms with Crippen LogP contribution < -0.4 is 0 Å². The van der Waals surface area contributed by atoms with Gasteiger partial charge in [0.15, 0.2) is 0 Å². The Hall–Kier alpha value is -10.7. The Kier molecular flexibility index (Phi) is 14.6. The van der Waals surface area contributed by atoms with Crippen LogP contribution in [0.1, 0.15) is 47.2 Å². The Morgan fingerprint density at radius 1 is 0.200 bits per heavy atom. The molecule has 0 saturated heterocycles. The fourth-order valence-electron chi connectivity index (χ4n) is 14.6. The molecule has 14 aromatic carbocycles. The van der Waals surface area contributed by atoms with Gasteiger partial charge in [0.2, 0.25) is 0 Å². The van der Waals surface area contributed by atoms with Gasteiger partial charge in [-0.3, -0.25) is 0 Å². The Labute approximate surface area is 525 Å². The normalized spacial score (nSPS) is 11.6. The third kappa shape index (κ3) is 9.71. The summed E-state index contributed by atoms with van der Waals surface area (Å²) in [5.74, 6) is 0. The summed E-state index contributed by atoms with van der Waals surface area (Å²) in [6.07, 6.45) is 0. The summed E-state index contributed by atoms with van der Waals surface area (Å²) in [7, 11) is 0. The van der Waals surface area contributed by atoms with Crippen molar-refractivity contribution in [3.05, 3.63) is 312 Å². The van der Waals surface area contributed by atoms with Crippen molar-refractivity contribution in [2.75, 3.05) is 0 Å². The second kappa shape index (κ2) is 23.4. The van der Waals surface area contributed by atoms with Crippen LogP contribution in [0.4, 0.5) is 0 Å². The van der Waals surface area contributed by atoms with Crippen LogP contribution in [0.2, 0.25) is 0 Å². The highest BCUT2D eigenvalue weighted by Gasteiger charge is 2.16. The van der Waals surface area contributed by atoms with E-state index < -0.39 is 0 Å². The van der Waals surface area contributed by atoms with Crippen molar-refractivity contribution in [2.45, 2.75) is 67.7 Å². The molecule has 436 valence electrons. The second-order valence-electron chi connectivity index (χ2n) is 24.3. The van der Waals surface area contributed by atoms with Crippen LogP contribution in [-0.2, 0) is 26.2 Å². The van der Waals surface area contributed by atoms with Gasteiger partial charge in [0.25, 0.3) is 0 Å². The number of fused-ring (bicyclic) bond motifs is 16. The summed E-state index contributed by atoms with van der Waals surface area (Å²) in [4.78, 5) is 0. The average Bonchev–Trinajstić information content (AvgIpc) is 1.51. The summed E-state index contributed by atoms with van der Waals surface area (Å²) >= 11 is 0. The molecule has 0 radical (unpaired) electrons. The van der Waals surface area contributed by atoms with Crippen LogP contribution >= 0.6 is 0 Å². The quantitative estimate of drug-likeness (QED) is 0.148. The molecule has 4 heteroatoms. The third-order valence-electron chi connectivity index (χ3n) is 19.1. The summed E-state index contributed by atoms with van der Waals surface area (Å²) in [6, 6.07) is 101. The molecule has 0 aliphatic rings. The van der Waals surface area contributed by atoms with Gasteiger partial charge in [0.05, 0.1) is 0 Å². The van der Waals surface area contributed by atoms with Gasteiger partial charge in [-0.2, -0.15) is 0 Å². The number of para-hydroxylation sites is 8. The summed E-state index contributed by atoms with van der Waals surface area (Å²) < 4.78 is 9.66. The zero-order valence-corrected chi connectivity index (χ0v) is 52.2. The minimum Gasteiger partial charge on any atom is -0.341 e. The molecular weight excluding hydrogens is 1090 g/mol. The van der Waals surface area contributed by atoms with Crippen LogP contribution in [0.3, 0.4) is 0 Å². The molecule has 0 saturated carbocycles. The lowest BCUT2D eigenvalue weighted by atomic mass is 9.95. The van der Waals surface area contributed by atoms with Crippen molar-refractivity contribution in [3.8, 4) is 0 Å². The van der Waals surface area contributed by atoms with Crippen LogP contribution in [0, 0.1) is 27.7 Å².